The summed E-state index contributed by atoms with van der Waals surface area (Å²) in [5.41, 5.74) is 7.41. The molecule has 5 heteroatoms. The summed E-state index contributed by atoms with van der Waals surface area (Å²) in [6.45, 7) is 7.01. The summed E-state index contributed by atoms with van der Waals surface area (Å²) < 4.78 is 11.5. The van der Waals surface area contributed by atoms with Crippen LogP contribution in [0.15, 0.2) is 12.1 Å². The maximum Gasteiger partial charge on any atom is 0.166 e. The number of benzene rings is 1. The molecule has 128 valence electrons. The molecule has 1 saturated heterocycles. The van der Waals surface area contributed by atoms with Crippen LogP contribution in [0.4, 0.5) is 0 Å². The molecule has 1 saturated carbocycles. The SMILES string of the molecule is COc1cc(Cl)cc(CN2C[C@H]3CC[C@@H](C2)C3N)c1OC(C)C. The topological polar surface area (TPSA) is 47.7 Å². The fraction of sp³-hybridized carbons (Fsp3) is 0.667. The number of likely N-dealkylation sites (tertiary alicyclic amines) is 1. The molecule has 0 amide bonds. The molecular weight excluding hydrogens is 312 g/mol. The van der Waals surface area contributed by atoms with Crippen molar-refractivity contribution in [3.05, 3.63) is 22.7 Å². The Bertz CT molecular complexity index is 550. The van der Waals surface area contributed by atoms with Crippen molar-refractivity contribution in [2.45, 2.75) is 45.4 Å². The minimum absolute atomic E-state index is 0.0924. The van der Waals surface area contributed by atoms with Gasteiger partial charge in [0.1, 0.15) is 0 Å². The average molecular weight is 339 g/mol. The van der Waals surface area contributed by atoms with E-state index in [1.165, 1.54) is 12.8 Å². The number of piperidine rings is 1. The van der Waals surface area contributed by atoms with Gasteiger partial charge in [0.15, 0.2) is 11.5 Å². The first-order chi connectivity index (χ1) is 11.0. The first-order valence-corrected chi connectivity index (χ1v) is 8.86. The Balaban J connectivity index is 1.83. The van der Waals surface area contributed by atoms with E-state index in [0.29, 0.717) is 28.6 Å². The molecule has 4 nitrogen and oxygen atoms in total. The van der Waals surface area contributed by atoms with E-state index in [0.717, 1.165) is 30.9 Å². The lowest BCUT2D eigenvalue weighted by Crippen LogP contribution is -2.48. The van der Waals surface area contributed by atoms with Crippen LogP contribution < -0.4 is 15.2 Å². The minimum Gasteiger partial charge on any atom is -0.493 e. The van der Waals surface area contributed by atoms with Crippen molar-refractivity contribution in [3.8, 4) is 11.5 Å². The van der Waals surface area contributed by atoms with Crippen LogP contribution in [0.1, 0.15) is 32.3 Å². The van der Waals surface area contributed by atoms with Crippen LogP contribution in [-0.2, 0) is 6.54 Å². The molecule has 3 rings (SSSR count). The number of hydrogen-bond donors (Lipinski definition) is 1. The largest absolute Gasteiger partial charge is 0.493 e. The highest BCUT2D eigenvalue weighted by Gasteiger charge is 2.39. The molecule has 2 N–H and O–H groups in total. The summed E-state index contributed by atoms with van der Waals surface area (Å²) in [6.07, 6.45) is 2.61. The first kappa shape index (κ1) is 16.9. The Kier molecular flexibility index (Phi) is 5.04. The summed E-state index contributed by atoms with van der Waals surface area (Å²) in [6, 6.07) is 4.20. The lowest BCUT2D eigenvalue weighted by atomic mass is 9.93. The summed E-state index contributed by atoms with van der Waals surface area (Å²) >= 11 is 6.27. The molecule has 2 fully saturated rings. The summed E-state index contributed by atoms with van der Waals surface area (Å²) in [5.74, 6) is 2.78. The maximum atomic E-state index is 6.31. The molecule has 0 spiro atoms. The van der Waals surface area contributed by atoms with Gasteiger partial charge in [0.25, 0.3) is 0 Å². The number of halogens is 1. The predicted molar refractivity (Wildman–Crippen MR) is 93.2 cm³/mol. The molecule has 1 aromatic rings. The van der Waals surface area contributed by atoms with Gasteiger partial charge in [-0.1, -0.05) is 11.6 Å². The zero-order valence-electron chi connectivity index (χ0n) is 14.2. The van der Waals surface area contributed by atoms with E-state index < -0.39 is 0 Å². The van der Waals surface area contributed by atoms with E-state index in [1.807, 2.05) is 26.0 Å². The number of nitrogens with two attached hydrogens (primary N) is 1. The zero-order chi connectivity index (χ0) is 16.6. The highest BCUT2D eigenvalue weighted by Crippen LogP contribution is 2.39. The standard InChI is InChI=1S/C18H27ClN2O2/c1-11(2)23-18-14(6-15(19)7-16(18)22-3)10-21-8-12-4-5-13(9-21)17(12)20/h6-7,11-13,17H,4-5,8-10,20H2,1-3H3/t12-,13+,17?. The maximum absolute atomic E-state index is 6.31. The van der Waals surface area contributed by atoms with Gasteiger partial charge >= 0.3 is 0 Å². The lowest BCUT2D eigenvalue weighted by Gasteiger charge is -2.36. The molecule has 1 heterocycles. The van der Waals surface area contributed by atoms with Crippen LogP contribution in [0.2, 0.25) is 5.02 Å². The summed E-state index contributed by atoms with van der Waals surface area (Å²) in [5, 5.41) is 0.685. The second-order valence-corrected chi connectivity index (χ2v) is 7.57. The monoisotopic (exact) mass is 338 g/mol. The van der Waals surface area contributed by atoms with Gasteiger partial charge in [0.2, 0.25) is 0 Å². The normalized spacial score (nSPS) is 27.5. The van der Waals surface area contributed by atoms with Crippen molar-refractivity contribution in [2.24, 2.45) is 17.6 Å². The van der Waals surface area contributed by atoms with Crippen LogP contribution in [0.25, 0.3) is 0 Å². The van der Waals surface area contributed by atoms with Crippen molar-refractivity contribution in [1.82, 2.24) is 4.90 Å². The molecule has 1 aromatic carbocycles. The Labute approximate surface area is 143 Å². The fourth-order valence-electron chi connectivity index (χ4n) is 3.99. The molecule has 3 atom stereocenters. The molecule has 0 radical (unpaired) electrons. The van der Waals surface area contributed by atoms with Gasteiger partial charge < -0.3 is 15.2 Å². The third-order valence-corrected chi connectivity index (χ3v) is 5.26. The van der Waals surface area contributed by atoms with Gasteiger partial charge in [-0.05, 0) is 44.6 Å². The highest BCUT2D eigenvalue weighted by atomic mass is 35.5. The van der Waals surface area contributed by atoms with Crippen LogP contribution in [0, 0.1) is 11.8 Å². The van der Waals surface area contributed by atoms with Crippen molar-refractivity contribution >= 4 is 11.6 Å². The molecule has 1 aliphatic carbocycles. The number of ether oxygens (including phenoxy) is 2. The highest BCUT2D eigenvalue weighted by molar-refractivity contribution is 6.30. The van der Waals surface area contributed by atoms with Crippen LogP contribution >= 0.6 is 11.6 Å². The van der Waals surface area contributed by atoms with Crippen LogP contribution in [-0.4, -0.2) is 37.2 Å². The van der Waals surface area contributed by atoms with Crippen LogP contribution in [0.3, 0.4) is 0 Å². The van der Waals surface area contributed by atoms with E-state index in [-0.39, 0.29) is 6.10 Å². The summed E-state index contributed by atoms with van der Waals surface area (Å²) in [4.78, 5) is 2.49. The molecule has 2 bridgehead atoms. The zero-order valence-corrected chi connectivity index (χ0v) is 15.0. The predicted octanol–water partition coefficient (Wildman–Crippen LogP) is 3.30. The minimum atomic E-state index is 0.0924. The Morgan fingerprint density at radius 2 is 1.91 bits per heavy atom. The molecule has 1 aliphatic heterocycles. The Hall–Kier alpha value is -0.970. The van der Waals surface area contributed by atoms with Gasteiger partial charge in [0, 0.05) is 42.3 Å². The molecule has 23 heavy (non-hydrogen) atoms. The quantitative estimate of drug-likeness (QED) is 0.894. The molecule has 1 unspecified atom stereocenters. The third-order valence-electron chi connectivity index (χ3n) is 5.05. The van der Waals surface area contributed by atoms with Crippen molar-refractivity contribution in [1.29, 1.82) is 0 Å². The van der Waals surface area contributed by atoms with E-state index in [9.17, 15) is 0 Å². The van der Waals surface area contributed by atoms with Gasteiger partial charge in [-0.3, -0.25) is 4.90 Å². The van der Waals surface area contributed by atoms with E-state index >= 15 is 0 Å². The number of fused-ring (bicyclic) bond motifs is 2. The number of hydrogen-bond acceptors (Lipinski definition) is 4. The number of rotatable bonds is 5. The smallest absolute Gasteiger partial charge is 0.166 e. The van der Waals surface area contributed by atoms with E-state index in [2.05, 4.69) is 4.90 Å². The third kappa shape index (κ3) is 3.59. The second kappa shape index (κ2) is 6.88. The van der Waals surface area contributed by atoms with Gasteiger partial charge in [-0.2, -0.15) is 0 Å². The first-order valence-electron chi connectivity index (χ1n) is 8.49. The lowest BCUT2D eigenvalue weighted by molar-refractivity contribution is 0.137. The number of nitrogens with zero attached hydrogens (tertiary/aromatic N) is 1. The van der Waals surface area contributed by atoms with Crippen molar-refractivity contribution in [2.75, 3.05) is 20.2 Å². The van der Waals surface area contributed by atoms with E-state index in [1.54, 1.807) is 7.11 Å². The molecular formula is C18H27ClN2O2. The average Bonchev–Trinajstić information content (AvgIpc) is 2.72. The summed E-state index contributed by atoms with van der Waals surface area (Å²) in [7, 11) is 1.66. The van der Waals surface area contributed by atoms with E-state index in [4.69, 9.17) is 26.8 Å². The fourth-order valence-corrected chi connectivity index (χ4v) is 4.22. The Morgan fingerprint density at radius 1 is 1.26 bits per heavy atom. The van der Waals surface area contributed by atoms with Gasteiger partial charge in [-0.15, -0.1) is 0 Å². The second-order valence-electron chi connectivity index (χ2n) is 7.13. The van der Waals surface area contributed by atoms with Gasteiger partial charge in [0.05, 0.1) is 13.2 Å². The number of methoxy groups -OCH3 is 1. The van der Waals surface area contributed by atoms with Crippen molar-refractivity contribution < 1.29 is 9.47 Å². The molecule has 2 aliphatic rings. The van der Waals surface area contributed by atoms with Crippen molar-refractivity contribution in [3.63, 3.8) is 0 Å². The molecule has 0 aromatic heterocycles. The van der Waals surface area contributed by atoms with Crippen LogP contribution in [0.5, 0.6) is 11.5 Å². The van der Waals surface area contributed by atoms with Gasteiger partial charge in [-0.25, -0.2) is 0 Å². The Morgan fingerprint density at radius 3 is 2.48 bits per heavy atom.